The van der Waals surface area contributed by atoms with Gasteiger partial charge in [0.15, 0.2) is 5.78 Å². The number of allylic oxidation sites excluding steroid dienone is 2. The van der Waals surface area contributed by atoms with Crippen LogP contribution < -0.4 is 5.32 Å². The predicted octanol–water partition coefficient (Wildman–Crippen LogP) is 5.51. The second-order valence-electron chi connectivity index (χ2n) is 8.95. The van der Waals surface area contributed by atoms with Gasteiger partial charge in [-0.15, -0.1) is 5.10 Å². The lowest BCUT2D eigenvalue weighted by molar-refractivity contribution is -0.118. The summed E-state index contributed by atoms with van der Waals surface area (Å²) in [7, 11) is 0. The fraction of sp³-hybridized carbons (Fsp3) is 0.292. The van der Waals surface area contributed by atoms with Crippen molar-refractivity contribution in [3.63, 3.8) is 0 Å². The molecule has 1 aliphatic carbocycles. The molecule has 1 aromatic heterocycles. The number of ketones is 1. The molecule has 2 aliphatic rings. The van der Waals surface area contributed by atoms with Crippen LogP contribution in [-0.2, 0) is 10.5 Å². The van der Waals surface area contributed by atoms with Crippen molar-refractivity contribution in [2.24, 2.45) is 5.41 Å². The highest BCUT2D eigenvalue weighted by molar-refractivity contribution is 7.98. The molecule has 164 valence electrons. The van der Waals surface area contributed by atoms with Crippen LogP contribution >= 0.6 is 11.8 Å². The first-order valence-corrected chi connectivity index (χ1v) is 11.4. The first kappa shape index (κ1) is 20.9. The molecule has 8 heteroatoms. The van der Waals surface area contributed by atoms with Gasteiger partial charge in [0.2, 0.25) is 11.1 Å². The number of thioether (sulfide) groups is 1. The highest BCUT2D eigenvalue weighted by Gasteiger charge is 2.41. The molecule has 3 aromatic rings. The van der Waals surface area contributed by atoms with Crippen LogP contribution in [0.15, 0.2) is 65.0 Å². The molecule has 0 radical (unpaired) electrons. The minimum absolute atomic E-state index is 0.0554. The van der Waals surface area contributed by atoms with Crippen LogP contribution in [0.3, 0.4) is 0 Å². The van der Waals surface area contributed by atoms with E-state index < -0.39 is 6.04 Å². The molecule has 0 saturated carbocycles. The lowest BCUT2D eigenvalue weighted by Gasteiger charge is -2.38. The molecule has 5 nitrogen and oxygen atoms in total. The summed E-state index contributed by atoms with van der Waals surface area (Å²) in [5.41, 5.74) is 2.67. The first-order valence-electron chi connectivity index (χ1n) is 10.4. The van der Waals surface area contributed by atoms with Gasteiger partial charge in [-0.3, -0.25) is 4.79 Å². The van der Waals surface area contributed by atoms with E-state index in [4.69, 9.17) is 0 Å². The third kappa shape index (κ3) is 3.83. The van der Waals surface area contributed by atoms with Crippen molar-refractivity contribution >= 4 is 23.5 Å². The van der Waals surface area contributed by atoms with Crippen LogP contribution in [0.5, 0.6) is 0 Å². The number of nitrogens with one attached hydrogen (secondary N) is 1. The van der Waals surface area contributed by atoms with Crippen LogP contribution in [0.2, 0.25) is 0 Å². The summed E-state index contributed by atoms with van der Waals surface area (Å²) < 4.78 is 29.3. The number of hydrogen-bond donors (Lipinski definition) is 1. The molecular formula is C24H22F2N4OS. The molecule has 1 aliphatic heterocycles. The van der Waals surface area contributed by atoms with Crippen molar-refractivity contribution in [2.45, 2.75) is 43.6 Å². The number of carbonyl (C=O) groups is 1. The zero-order chi connectivity index (χ0) is 22.5. The number of carbonyl (C=O) groups excluding carboxylic acids is 1. The molecule has 2 heterocycles. The molecule has 0 amide bonds. The minimum atomic E-state index is -0.485. The van der Waals surface area contributed by atoms with Crippen molar-refractivity contribution in [2.75, 3.05) is 5.32 Å². The SMILES string of the molecule is CC1(C)CC(=O)C2=C(C1)Nc1nc(SCc3ccccc3F)nn1C2c1ccc(F)cc1. The van der Waals surface area contributed by atoms with E-state index in [-0.39, 0.29) is 22.8 Å². The standard InChI is InChI=1S/C24H22F2N4OS/c1-24(2)11-18-20(19(31)12-24)21(14-7-9-16(25)10-8-14)30-22(27-18)28-23(29-30)32-13-15-5-3-4-6-17(15)26/h3-10,21H,11-13H2,1-2H3,(H,27,28,29). The number of halogens is 2. The average molecular weight is 453 g/mol. The van der Waals surface area contributed by atoms with Crippen molar-refractivity contribution in [3.05, 3.63) is 82.6 Å². The van der Waals surface area contributed by atoms with Gasteiger partial charge in [0, 0.05) is 23.4 Å². The van der Waals surface area contributed by atoms with E-state index in [9.17, 15) is 13.6 Å². The molecule has 1 unspecified atom stereocenters. The Kier molecular flexibility index (Phi) is 5.12. The number of hydrogen-bond acceptors (Lipinski definition) is 5. The van der Waals surface area contributed by atoms with Crippen molar-refractivity contribution in [3.8, 4) is 0 Å². The van der Waals surface area contributed by atoms with Gasteiger partial charge in [0.25, 0.3) is 0 Å². The van der Waals surface area contributed by atoms with Crippen molar-refractivity contribution in [1.82, 2.24) is 14.8 Å². The van der Waals surface area contributed by atoms with Crippen LogP contribution in [0.25, 0.3) is 0 Å². The van der Waals surface area contributed by atoms with Gasteiger partial charge in [-0.25, -0.2) is 13.5 Å². The summed E-state index contributed by atoms with van der Waals surface area (Å²) in [6, 6.07) is 12.3. The molecule has 0 bridgehead atoms. The van der Waals surface area contributed by atoms with E-state index in [0.29, 0.717) is 40.8 Å². The predicted molar refractivity (Wildman–Crippen MR) is 119 cm³/mol. The number of rotatable bonds is 4. The van der Waals surface area contributed by atoms with E-state index in [1.165, 1.54) is 30.0 Å². The highest BCUT2D eigenvalue weighted by Crippen LogP contribution is 2.45. The monoisotopic (exact) mass is 452 g/mol. The molecule has 2 aromatic carbocycles. The van der Waals surface area contributed by atoms with E-state index in [1.54, 1.807) is 35.0 Å². The summed E-state index contributed by atoms with van der Waals surface area (Å²) in [4.78, 5) is 17.8. The molecule has 0 saturated heterocycles. The normalized spacial score (nSPS) is 19.4. The smallest absolute Gasteiger partial charge is 0.227 e. The number of fused-ring (bicyclic) bond motifs is 1. The maximum absolute atomic E-state index is 14.0. The number of anilines is 1. The lowest BCUT2D eigenvalue weighted by Crippen LogP contribution is -2.36. The molecule has 5 rings (SSSR count). The quantitative estimate of drug-likeness (QED) is 0.529. The van der Waals surface area contributed by atoms with E-state index in [2.05, 4.69) is 29.2 Å². The highest BCUT2D eigenvalue weighted by atomic mass is 32.2. The lowest BCUT2D eigenvalue weighted by atomic mass is 9.73. The van der Waals surface area contributed by atoms with Gasteiger partial charge in [0.1, 0.15) is 17.7 Å². The summed E-state index contributed by atoms with van der Waals surface area (Å²) >= 11 is 1.33. The zero-order valence-electron chi connectivity index (χ0n) is 17.7. The number of Topliss-reactive ketones (excluding diaryl/α,β-unsaturated/α-hetero) is 1. The summed E-state index contributed by atoms with van der Waals surface area (Å²) in [5, 5.41) is 8.43. The Labute approximate surface area is 188 Å². The van der Waals surface area contributed by atoms with Crippen LogP contribution in [-0.4, -0.2) is 20.5 Å². The summed E-state index contributed by atoms with van der Waals surface area (Å²) in [6.07, 6.45) is 1.14. The number of aromatic nitrogens is 3. The summed E-state index contributed by atoms with van der Waals surface area (Å²) in [5.74, 6) is 0.361. The van der Waals surface area contributed by atoms with E-state index >= 15 is 0 Å². The molecule has 32 heavy (non-hydrogen) atoms. The van der Waals surface area contributed by atoms with Gasteiger partial charge >= 0.3 is 0 Å². The van der Waals surface area contributed by atoms with Gasteiger partial charge < -0.3 is 5.32 Å². The van der Waals surface area contributed by atoms with Gasteiger partial charge in [-0.1, -0.05) is 55.9 Å². The maximum atomic E-state index is 14.0. The minimum Gasteiger partial charge on any atom is -0.328 e. The zero-order valence-corrected chi connectivity index (χ0v) is 18.5. The van der Waals surface area contributed by atoms with Gasteiger partial charge in [0.05, 0.1) is 0 Å². The van der Waals surface area contributed by atoms with Gasteiger partial charge in [-0.05, 0) is 41.2 Å². The average Bonchev–Trinajstić information content (AvgIpc) is 3.14. The Hall–Kier alpha value is -3.00. The Balaban J connectivity index is 1.53. The second-order valence-corrected chi connectivity index (χ2v) is 9.90. The second kappa shape index (κ2) is 7.85. The van der Waals surface area contributed by atoms with E-state index in [1.807, 2.05) is 0 Å². The molecule has 0 fully saturated rings. The van der Waals surface area contributed by atoms with Crippen LogP contribution in [0.1, 0.15) is 43.9 Å². The van der Waals surface area contributed by atoms with Crippen molar-refractivity contribution < 1.29 is 13.6 Å². The Morgan fingerprint density at radius 3 is 2.62 bits per heavy atom. The largest absolute Gasteiger partial charge is 0.328 e. The maximum Gasteiger partial charge on any atom is 0.227 e. The Morgan fingerprint density at radius 1 is 1.12 bits per heavy atom. The Bertz CT molecular complexity index is 1230. The number of nitrogens with zero attached hydrogens (tertiary/aromatic N) is 3. The third-order valence-electron chi connectivity index (χ3n) is 5.81. The first-order chi connectivity index (χ1) is 15.3. The van der Waals surface area contributed by atoms with Crippen LogP contribution in [0, 0.1) is 17.0 Å². The Morgan fingerprint density at radius 2 is 1.88 bits per heavy atom. The van der Waals surface area contributed by atoms with Gasteiger partial charge in [-0.2, -0.15) is 4.98 Å². The molecule has 1 atom stereocenters. The van der Waals surface area contributed by atoms with E-state index in [0.717, 1.165) is 11.3 Å². The third-order valence-corrected chi connectivity index (χ3v) is 6.70. The molecule has 0 spiro atoms. The van der Waals surface area contributed by atoms with Crippen molar-refractivity contribution in [1.29, 1.82) is 0 Å². The fourth-order valence-corrected chi connectivity index (χ4v) is 5.18. The van der Waals surface area contributed by atoms with Crippen LogP contribution in [0.4, 0.5) is 14.7 Å². The molecule has 1 N–H and O–H groups in total. The molecular weight excluding hydrogens is 430 g/mol. The topological polar surface area (TPSA) is 59.8 Å². The summed E-state index contributed by atoms with van der Waals surface area (Å²) in [6.45, 7) is 4.14. The number of benzene rings is 2. The fourth-order valence-electron chi connectivity index (χ4n) is 4.36.